The monoisotopic (exact) mass is 504 g/mol. The summed E-state index contributed by atoms with van der Waals surface area (Å²) in [4.78, 5) is 64.8. The van der Waals surface area contributed by atoms with Crippen LogP contribution in [0, 0.1) is 5.92 Å². The molecule has 0 radical (unpaired) electrons. The number of nitrogens with one attached hydrogen (secondary N) is 4. The first-order valence-electron chi connectivity index (χ1n) is 11.9. The number of carbonyl (C=O) groups excluding carboxylic acids is 5. The van der Waals surface area contributed by atoms with Crippen LogP contribution in [0.3, 0.4) is 0 Å². The van der Waals surface area contributed by atoms with Gasteiger partial charge in [-0.3, -0.25) is 28.9 Å². The van der Waals surface area contributed by atoms with E-state index in [1.807, 2.05) is 6.07 Å². The molecular formula is C24H36N6O6. The van der Waals surface area contributed by atoms with Gasteiger partial charge in [0.15, 0.2) is 0 Å². The molecule has 12 nitrogen and oxygen atoms in total. The molecule has 1 heterocycles. The van der Waals surface area contributed by atoms with E-state index in [1.165, 1.54) is 11.8 Å². The second kappa shape index (κ2) is 13.5. The molecule has 198 valence electrons. The van der Waals surface area contributed by atoms with Crippen LogP contribution in [0.25, 0.3) is 0 Å². The number of nitrogens with two attached hydrogens (primary N) is 1. The third-order valence-corrected chi connectivity index (χ3v) is 5.72. The molecule has 0 bridgehead atoms. The van der Waals surface area contributed by atoms with Crippen molar-refractivity contribution in [3.05, 3.63) is 35.9 Å². The zero-order valence-corrected chi connectivity index (χ0v) is 20.8. The molecule has 1 aromatic rings. The maximum atomic E-state index is 13.2. The fraction of sp³-hybridized carbons (Fsp3) is 0.542. The molecule has 0 unspecified atom stereocenters. The summed E-state index contributed by atoms with van der Waals surface area (Å²) < 4.78 is 0. The first kappa shape index (κ1) is 28.7. The van der Waals surface area contributed by atoms with Crippen LogP contribution in [0.2, 0.25) is 0 Å². The quantitative estimate of drug-likeness (QED) is 0.250. The Balaban J connectivity index is 2.39. The number of aliphatic hydroxyl groups is 1. The molecule has 1 fully saturated rings. The van der Waals surface area contributed by atoms with Crippen LogP contribution in [0.1, 0.15) is 26.3 Å². The molecule has 12 heteroatoms. The van der Waals surface area contributed by atoms with Gasteiger partial charge in [0.1, 0.15) is 18.1 Å². The largest absolute Gasteiger partial charge is 0.391 e. The highest BCUT2D eigenvalue weighted by Crippen LogP contribution is 2.08. The first-order valence-corrected chi connectivity index (χ1v) is 11.9. The third kappa shape index (κ3) is 8.93. The number of rotatable bonds is 6. The molecule has 36 heavy (non-hydrogen) atoms. The van der Waals surface area contributed by atoms with Crippen molar-refractivity contribution in [1.82, 2.24) is 26.2 Å². The Morgan fingerprint density at radius 3 is 2.25 bits per heavy atom. The fourth-order valence-corrected chi connectivity index (χ4v) is 3.82. The second-order valence-corrected chi connectivity index (χ2v) is 9.23. The molecule has 7 N–H and O–H groups in total. The normalized spacial score (nSPS) is 24.0. The molecule has 1 aliphatic heterocycles. The average Bonchev–Trinajstić information content (AvgIpc) is 2.79. The molecular weight excluding hydrogens is 468 g/mol. The SMILES string of the molecule is CC(C)[C@H]1NC(=O)CN(CC(N)=O)CCNC(=O)[C@H]([C@@H](C)O)NC(=O)[C@H](Cc2ccccc2)NC1=O. The van der Waals surface area contributed by atoms with Crippen LogP contribution in [-0.2, 0) is 30.4 Å². The van der Waals surface area contributed by atoms with Crippen LogP contribution < -0.4 is 27.0 Å². The molecule has 0 aliphatic carbocycles. The second-order valence-electron chi connectivity index (χ2n) is 9.23. The van der Waals surface area contributed by atoms with E-state index in [0.717, 1.165) is 5.56 Å². The van der Waals surface area contributed by atoms with Gasteiger partial charge in [-0.25, -0.2) is 0 Å². The third-order valence-electron chi connectivity index (χ3n) is 5.72. The highest BCUT2D eigenvalue weighted by atomic mass is 16.3. The number of amides is 5. The van der Waals surface area contributed by atoms with Crippen molar-refractivity contribution in [1.29, 1.82) is 0 Å². The summed E-state index contributed by atoms with van der Waals surface area (Å²) in [7, 11) is 0. The molecule has 0 spiro atoms. The van der Waals surface area contributed by atoms with Crippen LogP contribution in [0.5, 0.6) is 0 Å². The van der Waals surface area contributed by atoms with Crippen molar-refractivity contribution in [3.8, 4) is 0 Å². The molecule has 1 saturated heterocycles. The van der Waals surface area contributed by atoms with Crippen molar-refractivity contribution in [2.24, 2.45) is 11.7 Å². The lowest BCUT2D eigenvalue weighted by Gasteiger charge is -2.27. The first-order chi connectivity index (χ1) is 17.0. The number of nitrogens with zero attached hydrogens (tertiary/aromatic N) is 1. The van der Waals surface area contributed by atoms with Crippen molar-refractivity contribution in [2.45, 2.75) is 51.4 Å². The zero-order chi connectivity index (χ0) is 26.8. The highest BCUT2D eigenvalue weighted by molar-refractivity contribution is 5.95. The average molecular weight is 505 g/mol. The summed E-state index contributed by atoms with van der Waals surface area (Å²) in [5, 5.41) is 20.7. The molecule has 0 aromatic heterocycles. The van der Waals surface area contributed by atoms with Crippen molar-refractivity contribution < 1.29 is 29.1 Å². The lowest BCUT2D eigenvalue weighted by Crippen LogP contribution is -2.60. The van der Waals surface area contributed by atoms with Crippen LogP contribution in [0.15, 0.2) is 30.3 Å². The minimum atomic E-state index is -1.29. The van der Waals surface area contributed by atoms with E-state index < -0.39 is 53.8 Å². The fourth-order valence-electron chi connectivity index (χ4n) is 3.82. The smallest absolute Gasteiger partial charge is 0.245 e. The number of primary amides is 1. The van der Waals surface area contributed by atoms with Gasteiger partial charge in [0.2, 0.25) is 29.5 Å². The number of hydrogen-bond donors (Lipinski definition) is 6. The van der Waals surface area contributed by atoms with E-state index >= 15 is 0 Å². The molecule has 0 saturated carbocycles. The van der Waals surface area contributed by atoms with Gasteiger partial charge in [0.25, 0.3) is 0 Å². The lowest BCUT2D eigenvalue weighted by atomic mass is 10.0. The Hall–Kier alpha value is -3.51. The van der Waals surface area contributed by atoms with Gasteiger partial charge < -0.3 is 32.1 Å². The molecule has 1 aliphatic rings. The molecule has 5 amide bonds. The number of benzene rings is 1. The van der Waals surface area contributed by atoms with Crippen molar-refractivity contribution >= 4 is 29.5 Å². The van der Waals surface area contributed by atoms with Crippen LogP contribution in [0.4, 0.5) is 0 Å². The maximum absolute atomic E-state index is 13.2. The standard InChI is InChI=1S/C24H36N6O6/c1-14(2)20-24(36)27-17(11-16-7-5-4-6-8-16)22(34)29-21(15(3)31)23(35)26-9-10-30(12-18(25)32)13-19(33)28-20/h4-8,14-15,17,20-21,31H,9-13H2,1-3H3,(H2,25,32)(H,26,35)(H,27,36)(H,28,33)(H,29,34)/t15-,17+,20-,21+/m1/s1. The summed E-state index contributed by atoms with van der Waals surface area (Å²) in [5.74, 6) is -3.39. The van der Waals surface area contributed by atoms with E-state index in [2.05, 4.69) is 21.3 Å². The van der Waals surface area contributed by atoms with Gasteiger partial charge in [-0.05, 0) is 18.4 Å². The van der Waals surface area contributed by atoms with E-state index in [1.54, 1.807) is 38.1 Å². The van der Waals surface area contributed by atoms with Crippen LogP contribution >= 0.6 is 0 Å². The van der Waals surface area contributed by atoms with Crippen molar-refractivity contribution in [2.75, 3.05) is 26.2 Å². The van der Waals surface area contributed by atoms with E-state index in [4.69, 9.17) is 5.73 Å². The van der Waals surface area contributed by atoms with Gasteiger partial charge in [-0.15, -0.1) is 0 Å². The topological polar surface area (TPSA) is 183 Å². The van der Waals surface area contributed by atoms with Crippen LogP contribution in [-0.4, -0.2) is 90.0 Å². The van der Waals surface area contributed by atoms with Crippen molar-refractivity contribution in [3.63, 3.8) is 0 Å². The minimum absolute atomic E-state index is 0.0245. The Morgan fingerprint density at radius 1 is 1.00 bits per heavy atom. The molecule has 1 aromatic carbocycles. The van der Waals surface area contributed by atoms with Gasteiger partial charge in [-0.2, -0.15) is 0 Å². The van der Waals surface area contributed by atoms with Gasteiger partial charge in [-0.1, -0.05) is 44.2 Å². The number of carbonyl (C=O) groups is 5. The maximum Gasteiger partial charge on any atom is 0.245 e. The molecule has 4 atom stereocenters. The number of hydrogen-bond acceptors (Lipinski definition) is 7. The summed E-state index contributed by atoms with van der Waals surface area (Å²) in [6, 6.07) is 5.66. The van der Waals surface area contributed by atoms with E-state index in [0.29, 0.717) is 0 Å². The molecule has 2 rings (SSSR count). The Morgan fingerprint density at radius 2 is 1.67 bits per heavy atom. The zero-order valence-electron chi connectivity index (χ0n) is 20.8. The van der Waals surface area contributed by atoms with Gasteiger partial charge in [0.05, 0.1) is 19.2 Å². The minimum Gasteiger partial charge on any atom is -0.391 e. The predicted molar refractivity (Wildman–Crippen MR) is 131 cm³/mol. The lowest BCUT2D eigenvalue weighted by molar-refractivity contribution is -0.135. The summed E-state index contributed by atoms with van der Waals surface area (Å²) in [6.07, 6.45) is -1.11. The summed E-state index contributed by atoms with van der Waals surface area (Å²) in [5.41, 5.74) is 6.05. The van der Waals surface area contributed by atoms with Gasteiger partial charge >= 0.3 is 0 Å². The van der Waals surface area contributed by atoms with Gasteiger partial charge in [0, 0.05) is 19.5 Å². The Bertz CT molecular complexity index is 938. The highest BCUT2D eigenvalue weighted by Gasteiger charge is 2.33. The summed E-state index contributed by atoms with van der Waals surface area (Å²) in [6.45, 7) is 4.50. The van der Waals surface area contributed by atoms with E-state index in [-0.39, 0.29) is 38.5 Å². The Labute approximate surface area is 210 Å². The summed E-state index contributed by atoms with van der Waals surface area (Å²) >= 11 is 0. The predicted octanol–water partition coefficient (Wildman–Crippen LogP) is -2.36. The Kier molecular flexibility index (Phi) is 10.8. The van der Waals surface area contributed by atoms with E-state index in [9.17, 15) is 29.1 Å². The number of aliphatic hydroxyl groups excluding tert-OH is 1.